The highest BCUT2D eigenvalue weighted by Crippen LogP contribution is 2.37. The summed E-state index contributed by atoms with van der Waals surface area (Å²) in [6.45, 7) is 3.37. The van der Waals surface area contributed by atoms with Crippen molar-refractivity contribution in [2.24, 2.45) is 0 Å². The Morgan fingerprint density at radius 3 is 2.35 bits per heavy atom. The first-order valence-corrected chi connectivity index (χ1v) is 8.43. The Morgan fingerprint density at radius 2 is 1.74 bits per heavy atom. The molecule has 0 amide bonds. The van der Waals surface area contributed by atoms with Crippen molar-refractivity contribution < 1.29 is 14.3 Å². The first-order valence-electron chi connectivity index (χ1n) is 6.79. The van der Waals surface area contributed by atoms with Crippen molar-refractivity contribution in [3.8, 4) is 11.5 Å². The smallest absolute Gasteiger partial charge is 0.190 e. The number of nitrogens with one attached hydrogen (secondary N) is 1. The number of carbonyl (C=O) groups excluding carboxylic acids is 1. The number of anilines is 2. The highest BCUT2D eigenvalue weighted by atomic mass is 32.1. The number of aryl methyl sites for hydroxylation is 1. The lowest BCUT2D eigenvalue weighted by atomic mass is 10.3. The van der Waals surface area contributed by atoms with Crippen LogP contribution in [0.5, 0.6) is 11.5 Å². The average Bonchev–Trinajstić information content (AvgIpc) is 3.08. The molecule has 0 radical (unpaired) electrons. The third-order valence-electron chi connectivity index (χ3n) is 3.22. The van der Waals surface area contributed by atoms with E-state index in [-0.39, 0.29) is 5.78 Å². The van der Waals surface area contributed by atoms with Gasteiger partial charge < -0.3 is 14.8 Å². The molecule has 2 heterocycles. The van der Waals surface area contributed by atoms with E-state index >= 15 is 0 Å². The second kappa shape index (κ2) is 6.13. The fourth-order valence-corrected chi connectivity index (χ4v) is 3.98. The number of fused-ring (bicyclic) bond motifs is 1. The predicted molar refractivity (Wildman–Crippen MR) is 92.9 cm³/mol. The number of thiazole rings is 2. The molecule has 23 heavy (non-hydrogen) atoms. The van der Waals surface area contributed by atoms with Gasteiger partial charge in [0.1, 0.15) is 0 Å². The number of benzene rings is 1. The molecular formula is C15H15N3O3S2. The van der Waals surface area contributed by atoms with Crippen LogP contribution >= 0.6 is 22.7 Å². The van der Waals surface area contributed by atoms with Crippen LogP contribution in [0.2, 0.25) is 0 Å². The molecule has 0 saturated heterocycles. The summed E-state index contributed by atoms with van der Waals surface area (Å²) < 4.78 is 11.6. The van der Waals surface area contributed by atoms with Crippen LogP contribution in [0, 0.1) is 6.92 Å². The normalized spacial score (nSPS) is 10.8. The Kier molecular flexibility index (Phi) is 4.18. The van der Waals surface area contributed by atoms with E-state index in [1.54, 1.807) is 21.1 Å². The molecule has 0 atom stereocenters. The molecule has 2 aromatic heterocycles. The minimum atomic E-state index is 0.0202. The number of aromatic nitrogens is 2. The van der Waals surface area contributed by atoms with Crippen LogP contribution in [0.3, 0.4) is 0 Å². The van der Waals surface area contributed by atoms with E-state index in [9.17, 15) is 4.79 Å². The van der Waals surface area contributed by atoms with Gasteiger partial charge in [-0.1, -0.05) is 22.7 Å². The Balaban J connectivity index is 1.94. The van der Waals surface area contributed by atoms with Crippen molar-refractivity contribution in [2.45, 2.75) is 13.8 Å². The molecule has 3 aromatic rings. The Labute approximate surface area is 141 Å². The number of ether oxygens (including phenoxy) is 2. The van der Waals surface area contributed by atoms with Gasteiger partial charge in [-0.2, -0.15) is 0 Å². The molecule has 120 valence electrons. The summed E-state index contributed by atoms with van der Waals surface area (Å²) in [6.07, 6.45) is 0. The van der Waals surface area contributed by atoms with Crippen LogP contribution in [-0.4, -0.2) is 30.0 Å². The van der Waals surface area contributed by atoms with E-state index in [1.807, 2.05) is 19.1 Å². The molecule has 0 saturated carbocycles. The molecule has 1 N–H and O–H groups in total. The molecule has 0 unspecified atom stereocenters. The van der Waals surface area contributed by atoms with Crippen molar-refractivity contribution in [3.63, 3.8) is 0 Å². The zero-order valence-corrected chi connectivity index (χ0v) is 14.7. The zero-order chi connectivity index (χ0) is 16.6. The maximum Gasteiger partial charge on any atom is 0.190 e. The lowest BCUT2D eigenvalue weighted by Crippen LogP contribution is -1.90. The molecule has 0 aliphatic rings. The standard InChI is InChI=1S/C15H15N3O3S2/c1-7-13(8(2)19)23-14(16-7)18-15-17-9-5-10(20-3)11(21-4)6-12(9)22-15/h5-6H,1-4H3,(H,16,17,18). The fourth-order valence-electron chi connectivity index (χ4n) is 2.18. The Hall–Kier alpha value is -2.19. The zero-order valence-electron chi connectivity index (χ0n) is 13.1. The second-order valence-electron chi connectivity index (χ2n) is 4.81. The van der Waals surface area contributed by atoms with Gasteiger partial charge in [-0.15, -0.1) is 0 Å². The highest BCUT2D eigenvalue weighted by molar-refractivity contribution is 7.23. The van der Waals surface area contributed by atoms with Crippen LogP contribution in [0.4, 0.5) is 10.3 Å². The van der Waals surface area contributed by atoms with Gasteiger partial charge in [0.05, 0.1) is 35.0 Å². The average molecular weight is 349 g/mol. The molecule has 0 spiro atoms. The number of methoxy groups -OCH3 is 2. The third kappa shape index (κ3) is 2.99. The molecule has 0 bridgehead atoms. The van der Waals surface area contributed by atoms with Gasteiger partial charge in [-0.25, -0.2) is 9.97 Å². The minimum Gasteiger partial charge on any atom is -0.493 e. The van der Waals surface area contributed by atoms with E-state index in [0.29, 0.717) is 26.6 Å². The quantitative estimate of drug-likeness (QED) is 0.701. The van der Waals surface area contributed by atoms with Crippen LogP contribution in [0.25, 0.3) is 10.2 Å². The van der Waals surface area contributed by atoms with E-state index in [2.05, 4.69) is 15.3 Å². The van der Waals surface area contributed by atoms with Gasteiger partial charge in [-0.3, -0.25) is 4.79 Å². The largest absolute Gasteiger partial charge is 0.493 e. The summed E-state index contributed by atoms with van der Waals surface area (Å²) in [5, 5.41) is 4.53. The van der Waals surface area contributed by atoms with Gasteiger partial charge >= 0.3 is 0 Å². The van der Waals surface area contributed by atoms with Crippen molar-refractivity contribution in [2.75, 3.05) is 19.5 Å². The summed E-state index contributed by atoms with van der Waals surface area (Å²) in [5.41, 5.74) is 1.55. The van der Waals surface area contributed by atoms with Gasteiger partial charge in [0, 0.05) is 19.1 Å². The van der Waals surface area contributed by atoms with Crippen LogP contribution in [0.1, 0.15) is 22.3 Å². The van der Waals surface area contributed by atoms with Gasteiger partial charge in [-0.05, 0) is 6.92 Å². The monoisotopic (exact) mass is 349 g/mol. The highest BCUT2D eigenvalue weighted by Gasteiger charge is 2.14. The summed E-state index contributed by atoms with van der Waals surface area (Å²) in [7, 11) is 3.20. The van der Waals surface area contributed by atoms with Crippen LogP contribution < -0.4 is 14.8 Å². The first-order chi connectivity index (χ1) is 11.0. The third-order valence-corrected chi connectivity index (χ3v) is 5.33. The molecule has 0 fully saturated rings. The lowest BCUT2D eigenvalue weighted by molar-refractivity contribution is 0.102. The van der Waals surface area contributed by atoms with Crippen LogP contribution in [-0.2, 0) is 0 Å². The van der Waals surface area contributed by atoms with Crippen molar-refractivity contribution in [3.05, 3.63) is 22.7 Å². The number of carbonyl (C=O) groups is 1. The summed E-state index contributed by atoms with van der Waals surface area (Å²) in [4.78, 5) is 21.1. The number of Topliss-reactive ketones (excluding diaryl/α,β-unsaturated/α-hetero) is 1. The topological polar surface area (TPSA) is 73.3 Å². The SMILES string of the molecule is COc1cc2nc(Nc3nc(C)c(C(C)=O)s3)sc2cc1OC. The van der Waals surface area contributed by atoms with E-state index in [4.69, 9.17) is 9.47 Å². The molecule has 6 nitrogen and oxygen atoms in total. The maximum atomic E-state index is 11.5. The van der Waals surface area contributed by atoms with Crippen LogP contribution in [0.15, 0.2) is 12.1 Å². The second-order valence-corrected chi connectivity index (χ2v) is 6.84. The van der Waals surface area contributed by atoms with Gasteiger partial charge in [0.15, 0.2) is 27.5 Å². The molecule has 1 aromatic carbocycles. The number of nitrogens with zero attached hydrogens (tertiary/aromatic N) is 2. The number of ketones is 1. The van der Waals surface area contributed by atoms with Crippen molar-refractivity contribution >= 4 is 48.9 Å². The first kappa shape index (κ1) is 15.7. The molecule has 3 rings (SSSR count). The predicted octanol–water partition coefficient (Wildman–Crippen LogP) is 4.02. The number of hydrogen-bond donors (Lipinski definition) is 1. The van der Waals surface area contributed by atoms with E-state index < -0.39 is 0 Å². The minimum absolute atomic E-state index is 0.0202. The molecule has 0 aliphatic heterocycles. The van der Waals surface area contributed by atoms with Gasteiger partial charge in [0.25, 0.3) is 0 Å². The molecular weight excluding hydrogens is 334 g/mol. The maximum absolute atomic E-state index is 11.5. The fraction of sp³-hybridized carbons (Fsp3) is 0.267. The van der Waals surface area contributed by atoms with Crippen molar-refractivity contribution in [1.29, 1.82) is 0 Å². The summed E-state index contributed by atoms with van der Waals surface area (Å²) in [6, 6.07) is 3.73. The van der Waals surface area contributed by atoms with Gasteiger partial charge in [0.2, 0.25) is 0 Å². The summed E-state index contributed by atoms with van der Waals surface area (Å²) >= 11 is 2.82. The summed E-state index contributed by atoms with van der Waals surface area (Å²) in [5.74, 6) is 1.33. The Bertz CT molecular complexity index is 845. The number of hydrogen-bond acceptors (Lipinski definition) is 8. The van der Waals surface area contributed by atoms with Crippen molar-refractivity contribution in [1.82, 2.24) is 9.97 Å². The van der Waals surface area contributed by atoms with E-state index in [0.717, 1.165) is 15.9 Å². The number of rotatable bonds is 5. The molecule has 0 aliphatic carbocycles. The van der Waals surface area contributed by atoms with E-state index in [1.165, 1.54) is 22.7 Å². The Morgan fingerprint density at radius 1 is 1.09 bits per heavy atom. The molecule has 8 heteroatoms. The lowest BCUT2D eigenvalue weighted by Gasteiger charge is -2.05.